The number of nitrogens with one attached hydrogen (secondary N) is 1. The number of nitrogens with zero attached hydrogens (tertiary/aromatic N) is 2. The Hall–Kier alpha value is -2.19. The number of hydrogen-bond acceptors (Lipinski definition) is 5. The summed E-state index contributed by atoms with van der Waals surface area (Å²) < 4.78 is 54.3. The van der Waals surface area contributed by atoms with Crippen molar-refractivity contribution in [2.24, 2.45) is 0 Å². The van der Waals surface area contributed by atoms with E-state index in [1.54, 1.807) is 12.1 Å². The van der Waals surface area contributed by atoms with Crippen molar-refractivity contribution in [3.05, 3.63) is 48.0 Å². The zero-order chi connectivity index (χ0) is 21.7. The van der Waals surface area contributed by atoms with Crippen molar-refractivity contribution in [2.45, 2.75) is 36.5 Å². The second-order valence-corrected chi connectivity index (χ2v) is 9.40. The topological polar surface area (TPSA) is 52.6 Å². The third kappa shape index (κ3) is 4.92. The van der Waals surface area contributed by atoms with Crippen molar-refractivity contribution >= 4 is 21.2 Å². The van der Waals surface area contributed by atoms with E-state index in [-0.39, 0.29) is 9.79 Å². The van der Waals surface area contributed by atoms with Crippen LogP contribution < -0.4 is 15.1 Å². The fraction of sp³-hybridized carbons (Fsp3) is 0.455. The van der Waals surface area contributed by atoms with Gasteiger partial charge in [-0.2, -0.15) is 0 Å². The summed E-state index contributed by atoms with van der Waals surface area (Å²) in [7, 11) is -4.10. The Kier molecular flexibility index (Phi) is 7.31. The number of anilines is 2. The monoisotopic (exact) mass is 437 g/mol. The molecule has 0 atom stereocenters. The first kappa shape index (κ1) is 22.5. The molecule has 0 aromatic heterocycles. The predicted octanol–water partition coefficient (Wildman–Crippen LogP) is 3.83. The number of hydrogen-bond donors (Lipinski definition) is 1. The standard InChI is InChI=1S/C22H29F2N3O2S/c1-3-9-27(10-4-2)21-16-19(26-11-7-25-8-12-26)5-6-22(21)30(28,29)20-14-17(23)13-18(24)15-20/h5-6,13-16,25H,3-4,7-12H2,1-2H3. The maximum Gasteiger partial charge on any atom is 0.208 e. The maximum absolute atomic E-state index is 13.8. The molecule has 3 rings (SSSR count). The molecule has 5 nitrogen and oxygen atoms in total. The number of piperazine rings is 1. The molecule has 0 radical (unpaired) electrons. The quantitative estimate of drug-likeness (QED) is 0.680. The van der Waals surface area contributed by atoms with Crippen molar-refractivity contribution in [1.29, 1.82) is 0 Å². The van der Waals surface area contributed by atoms with Gasteiger partial charge < -0.3 is 15.1 Å². The fourth-order valence-corrected chi connectivity index (χ4v) is 5.30. The molecule has 2 aromatic carbocycles. The molecular weight excluding hydrogens is 408 g/mol. The van der Waals surface area contributed by atoms with Crippen molar-refractivity contribution in [2.75, 3.05) is 49.1 Å². The van der Waals surface area contributed by atoms with E-state index in [1.807, 2.05) is 24.8 Å². The molecule has 1 aliphatic rings. The van der Waals surface area contributed by atoms with Gasteiger partial charge in [-0.15, -0.1) is 0 Å². The van der Waals surface area contributed by atoms with Crippen molar-refractivity contribution in [1.82, 2.24) is 5.32 Å². The first-order chi connectivity index (χ1) is 14.4. The lowest BCUT2D eigenvalue weighted by atomic mass is 10.2. The van der Waals surface area contributed by atoms with Gasteiger partial charge in [0.15, 0.2) is 0 Å². The summed E-state index contributed by atoms with van der Waals surface area (Å²) in [5.41, 5.74) is 1.53. The van der Waals surface area contributed by atoms with Crippen LogP contribution in [0.1, 0.15) is 26.7 Å². The van der Waals surface area contributed by atoms with Gasteiger partial charge in [-0.25, -0.2) is 17.2 Å². The van der Waals surface area contributed by atoms with Gasteiger partial charge in [0, 0.05) is 51.0 Å². The molecule has 0 aliphatic carbocycles. The largest absolute Gasteiger partial charge is 0.370 e. The summed E-state index contributed by atoms with van der Waals surface area (Å²) >= 11 is 0. The number of benzene rings is 2. The van der Waals surface area contributed by atoms with Crippen LogP contribution in [-0.2, 0) is 9.84 Å². The minimum Gasteiger partial charge on any atom is -0.370 e. The predicted molar refractivity (Wildman–Crippen MR) is 116 cm³/mol. The van der Waals surface area contributed by atoms with Crippen LogP contribution >= 0.6 is 0 Å². The summed E-state index contributed by atoms with van der Waals surface area (Å²) in [6.45, 7) is 8.87. The number of halogens is 2. The van der Waals surface area contributed by atoms with Crippen molar-refractivity contribution < 1.29 is 17.2 Å². The van der Waals surface area contributed by atoms with Crippen LogP contribution in [0, 0.1) is 11.6 Å². The minimum atomic E-state index is -4.10. The maximum atomic E-state index is 13.8. The molecular formula is C22H29F2N3O2S. The summed E-state index contributed by atoms with van der Waals surface area (Å²) in [6.07, 6.45) is 1.71. The van der Waals surface area contributed by atoms with Gasteiger partial charge in [-0.1, -0.05) is 13.8 Å². The fourth-order valence-electron chi connectivity index (χ4n) is 3.80. The molecule has 1 heterocycles. The van der Waals surface area contributed by atoms with Crippen LogP contribution in [0.3, 0.4) is 0 Å². The van der Waals surface area contributed by atoms with E-state index in [9.17, 15) is 17.2 Å². The Labute approximate surface area is 177 Å². The first-order valence-corrected chi connectivity index (χ1v) is 11.9. The van der Waals surface area contributed by atoms with Crippen LogP contribution in [0.5, 0.6) is 0 Å². The van der Waals surface area contributed by atoms with Gasteiger partial charge in [0.1, 0.15) is 11.6 Å². The molecule has 0 amide bonds. The van der Waals surface area contributed by atoms with Gasteiger partial charge in [-0.3, -0.25) is 0 Å². The minimum absolute atomic E-state index is 0.0771. The van der Waals surface area contributed by atoms with E-state index < -0.39 is 21.5 Å². The molecule has 1 N–H and O–H groups in total. The smallest absolute Gasteiger partial charge is 0.208 e. The van der Waals surface area contributed by atoms with E-state index in [2.05, 4.69) is 10.2 Å². The Morgan fingerprint density at radius 1 is 0.967 bits per heavy atom. The lowest BCUT2D eigenvalue weighted by molar-refractivity contribution is 0.567. The SMILES string of the molecule is CCCN(CCC)c1cc(N2CCNCC2)ccc1S(=O)(=O)c1cc(F)cc(F)c1. The van der Waals surface area contributed by atoms with E-state index in [0.29, 0.717) is 24.8 Å². The third-order valence-electron chi connectivity index (χ3n) is 5.19. The van der Waals surface area contributed by atoms with E-state index >= 15 is 0 Å². The molecule has 0 unspecified atom stereocenters. The lowest BCUT2D eigenvalue weighted by Gasteiger charge is -2.32. The first-order valence-electron chi connectivity index (χ1n) is 10.4. The molecule has 1 aliphatic heterocycles. The second kappa shape index (κ2) is 9.75. The highest BCUT2D eigenvalue weighted by Gasteiger charge is 2.26. The third-order valence-corrected chi connectivity index (χ3v) is 6.97. The summed E-state index contributed by atoms with van der Waals surface area (Å²) in [5.74, 6) is -1.82. The highest BCUT2D eigenvalue weighted by Crippen LogP contribution is 2.35. The van der Waals surface area contributed by atoms with Gasteiger partial charge in [0.05, 0.1) is 15.5 Å². The molecule has 0 saturated carbocycles. The molecule has 1 saturated heterocycles. The van der Waals surface area contributed by atoms with Gasteiger partial charge in [-0.05, 0) is 43.2 Å². The van der Waals surface area contributed by atoms with Gasteiger partial charge in [0.25, 0.3) is 0 Å². The molecule has 8 heteroatoms. The zero-order valence-electron chi connectivity index (χ0n) is 17.5. The molecule has 164 valence electrons. The number of rotatable bonds is 8. The average molecular weight is 438 g/mol. The molecule has 30 heavy (non-hydrogen) atoms. The summed E-state index contributed by atoms with van der Waals surface area (Å²) in [5, 5.41) is 3.31. The lowest BCUT2D eigenvalue weighted by Crippen LogP contribution is -2.43. The van der Waals surface area contributed by atoms with Gasteiger partial charge >= 0.3 is 0 Å². The van der Waals surface area contributed by atoms with Crippen LogP contribution in [0.15, 0.2) is 46.2 Å². The normalized spacial score (nSPS) is 14.7. The molecule has 0 bridgehead atoms. The van der Waals surface area contributed by atoms with Crippen LogP contribution in [0.2, 0.25) is 0 Å². The Morgan fingerprint density at radius 2 is 1.57 bits per heavy atom. The van der Waals surface area contributed by atoms with Crippen LogP contribution in [-0.4, -0.2) is 47.7 Å². The molecule has 2 aromatic rings. The molecule has 1 fully saturated rings. The van der Waals surface area contributed by atoms with E-state index in [4.69, 9.17) is 0 Å². The van der Waals surface area contributed by atoms with Crippen molar-refractivity contribution in [3.63, 3.8) is 0 Å². The summed E-state index contributed by atoms with van der Waals surface area (Å²) in [4.78, 5) is 3.97. The Balaban J connectivity index is 2.13. The summed E-state index contributed by atoms with van der Waals surface area (Å²) in [6, 6.07) is 7.68. The Morgan fingerprint density at radius 3 is 2.13 bits per heavy atom. The van der Waals surface area contributed by atoms with E-state index in [0.717, 1.165) is 56.8 Å². The average Bonchev–Trinajstić information content (AvgIpc) is 2.73. The molecule has 0 spiro atoms. The second-order valence-electron chi connectivity index (χ2n) is 7.48. The highest BCUT2D eigenvalue weighted by molar-refractivity contribution is 7.91. The number of sulfone groups is 1. The Bertz CT molecular complexity index is 950. The van der Waals surface area contributed by atoms with Crippen LogP contribution in [0.25, 0.3) is 0 Å². The van der Waals surface area contributed by atoms with Crippen LogP contribution in [0.4, 0.5) is 20.2 Å². The zero-order valence-corrected chi connectivity index (χ0v) is 18.3. The van der Waals surface area contributed by atoms with Gasteiger partial charge in [0.2, 0.25) is 9.84 Å². The van der Waals surface area contributed by atoms with Crippen molar-refractivity contribution in [3.8, 4) is 0 Å². The highest BCUT2D eigenvalue weighted by atomic mass is 32.2. The van der Waals surface area contributed by atoms with E-state index in [1.165, 1.54) is 0 Å².